The molecule has 4 rings (SSSR count). The van der Waals surface area contributed by atoms with Crippen molar-refractivity contribution in [1.29, 1.82) is 0 Å². The summed E-state index contributed by atoms with van der Waals surface area (Å²) < 4.78 is 53.9. The van der Waals surface area contributed by atoms with Crippen LogP contribution < -0.4 is 5.32 Å². The Morgan fingerprint density at radius 3 is 2.28 bits per heavy atom. The summed E-state index contributed by atoms with van der Waals surface area (Å²) in [6.07, 6.45) is -0.318. The first-order valence-electron chi connectivity index (χ1n) is 11.6. The molecule has 0 radical (unpaired) electrons. The highest BCUT2D eigenvalue weighted by molar-refractivity contribution is 7.92. The van der Waals surface area contributed by atoms with E-state index in [0.29, 0.717) is 12.8 Å². The van der Waals surface area contributed by atoms with Crippen molar-refractivity contribution in [2.75, 3.05) is 5.32 Å². The Morgan fingerprint density at radius 1 is 1.11 bits per heavy atom. The summed E-state index contributed by atoms with van der Waals surface area (Å²) in [4.78, 5) is 12.4. The van der Waals surface area contributed by atoms with Crippen molar-refractivity contribution in [3.8, 4) is 0 Å². The summed E-state index contributed by atoms with van der Waals surface area (Å²) in [7, 11) is -4.05. The first kappa shape index (κ1) is 26.9. The predicted octanol–water partition coefficient (Wildman–Crippen LogP) is 3.70. The molecule has 2 aliphatic carbocycles. The van der Waals surface area contributed by atoms with E-state index in [-0.39, 0.29) is 34.0 Å². The first-order chi connectivity index (χ1) is 16.7. The molecule has 2 aromatic carbocycles. The van der Waals surface area contributed by atoms with Gasteiger partial charge in [0.15, 0.2) is 21.5 Å². The molecule has 2 bridgehead atoms. The van der Waals surface area contributed by atoms with Gasteiger partial charge >= 0.3 is 0 Å². The van der Waals surface area contributed by atoms with Gasteiger partial charge in [-0.05, 0) is 81.7 Å². The number of fused-ring (bicyclic) bond motifs is 2. The third-order valence-corrected chi connectivity index (χ3v) is 10.1. The van der Waals surface area contributed by atoms with Crippen LogP contribution in [0, 0.1) is 23.5 Å². The maximum atomic E-state index is 13.6. The summed E-state index contributed by atoms with van der Waals surface area (Å²) in [6, 6.07) is 6.57. The topological polar surface area (TPSA) is 124 Å². The van der Waals surface area contributed by atoms with Crippen LogP contribution in [-0.2, 0) is 9.84 Å². The van der Waals surface area contributed by atoms with Crippen molar-refractivity contribution in [3.05, 3.63) is 58.6 Å². The van der Waals surface area contributed by atoms with Gasteiger partial charge in [-0.3, -0.25) is 4.79 Å². The number of rotatable bonds is 6. The zero-order valence-electron chi connectivity index (χ0n) is 19.7. The van der Waals surface area contributed by atoms with Gasteiger partial charge < -0.3 is 20.6 Å². The van der Waals surface area contributed by atoms with E-state index >= 15 is 0 Å². The Hall–Kier alpha value is -2.11. The van der Waals surface area contributed by atoms with E-state index in [1.807, 2.05) is 0 Å². The lowest BCUT2D eigenvalue weighted by atomic mass is 9.68. The Balaban J connectivity index is 1.59. The van der Waals surface area contributed by atoms with Crippen LogP contribution >= 0.6 is 11.6 Å². The molecule has 0 aliphatic heterocycles. The molecule has 2 unspecified atom stereocenters. The van der Waals surface area contributed by atoms with Gasteiger partial charge in [-0.15, -0.1) is 0 Å². The smallest absolute Gasteiger partial charge is 0.255 e. The Labute approximate surface area is 213 Å². The average Bonchev–Trinajstić information content (AvgIpc) is 2.97. The average molecular weight is 544 g/mol. The molecule has 2 aromatic rings. The maximum Gasteiger partial charge on any atom is 0.255 e. The maximum absolute atomic E-state index is 13.6. The normalized spacial score (nSPS) is 27.1. The molecule has 3 atom stereocenters. The number of hydrogen-bond acceptors (Lipinski definition) is 6. The number of aliphatic hydroxyl groups excluding tert-OH is 1. The molecule has 1 amide bonds. The van der Waals surface area contributed by atoms with Crippen LogP contribution in [0.4, 0.5) is 14.5 Å². The molecular weight excluding hydrogens is 516 g/mol. The van der Waals surface area contributed by atoms with Crippen molar-refractivity contribution in [3.63, 3.8) is 0 Å². The van der Waals surface area contributed by atoms with Crippen molar-refractivity contribution < 1.29 is 37.3 Å². The van der Waals surface area contributed by atoms with E-state index in [2.05, 4.69) is 5.32 Å². The number of amides is 1. The predicted molar refractivity (Wildman–Crippen MR) is 129 cm³/mol. The van der Waals surface area contributed by atoms with Gasteiger partial charge in [-0.25, -0.2) is 17.2 Å². The molecule has 196 valence electrons. The van der Waals surface area contributed by atoms with Crippen LogP contribution in [-0.4, -0.2) is 52.2 Å². The minimum atomic E-state index is -4.05. The number of carbonyl (C=O) groups is 1. The number of hydrogen-bond donors (Lipinski definition) is 4. The molecule has 2 aliphatic rings. The second kappa shape index (κ2) is 9.33. The van der Waals surface area contributed by atoms with E-state index < -0.39 is 61.8 Å². The zero-order valence-corrected chi connectivity index (χ0v) is 21.3. The van der Waals surface area contributed by atoms with Crippen LogP contribution in [0.25, 0.3) is 0 Å². The Bertz CT molecular complexity index is 1280. The fourth-order valence-corrected chi connectivity index (χ4v) is 8.03. The SMILES string of the molecule is CC(C)(O)[C@@H](O)[C@]1(O)C2CCC1C[C@@H](S(=O)(=O)c1cc(C(=O)Nc3ccc(F)c(F)c3)ccc1Cl)C2. The molecule has 0 aromatic heterocycles. The quantitative estimate of drug-likeness (QED) is 0.440. The Morgan fingerprint density at radius 2 is 1.72 bits per heavy atom. The number of aliphatic hydroxyl groups is 3. The highest BCUT2D eigenvalue weighted by Gasteiger charge is 2.61. The minimum Gasteiger partial charge on any atom is -0.388 e. The van der Waals surface area contributed by atoms with E-state index in [4.69, 9.17) is 11.6 Å². The molecule has 0 heterocycles. The lowest BCUT2D eigenvalue weighted by Gasteiger charge is -2.48. The summed E-state index contributed by atoms with van der Waals surface area (Å²) >= 11 is 6.23. The summed E-state index contributed by atoms with van der Waals surface area (Å²) in [5.74, 6) is -4.04. The van der Waals surface area contributed by atoms with Gasteiger partial charge in [-0.1, -0.05) is 11.6 Å². The fourth-order valence-electron chi connectivity index (χ4n) is 5.63. The number of sulfone groups is 1. The van der Waals surface area contributed by atoms with Gasteiger partial charge in [0.2, 0.25) is 0 Å². The first-order valence-corrected chi connectivity index (χ1v) is 13.5. The second-order valence-electron chi connectivity index (χ2n) is 10.3. The highest BCUT2D eigenvalue weighted by Crippen LogP contribution is 2.54. The van der Waals surface area contributed by atoms with Gasteiger partial charge in [0.1, 0.15) is 6.10 Å². The molecule has 2 saturated carbocycles. The van der Waals surface area contributed by atoms with Crippen LogP contribution in [0.5, 0.6) is 0 Å². The molecular formula is C25H28ClF2NO6S. The monoisotopic (exact) mass is 543 g/mol. The third-order valence-electron chi connectivity index (χ3n) is 7.49. The van der Waals surface area contributed by atoms with Crippen LogP contribution in [0.15, 0.2) is 41.3 Å². The molecule has 4 N–H and O–H groups in total. The number of benzene rings is 2. The molecule has 2 fully saturated rings. The lowest BCUT2D eigenvalue weighted by Crippen LogP contribution is -2.62. The number of halogens is 3. The van der Waals surface area contributed by atoms with Crippen LogP contribution in [0.1, 0.15) is 49.9 Å². The third kappa shape index (κ3) is 4.65. The van der Waals surface area contributed by atoms with Crippen molar-refractivity contribution in [2.24, 2.45) is 11.8 Å². The van der Waals surface area contributed by atoms with E-state index in [1.165, 1.54) is 32.0 Å². The van der Waals surface area contributed by atoms with Gasteiger partial charge in [0, 0.05) is 17.3 Å². The second-order valence-corrected chi connectivity index (χ2v) is 12.9. The zero-order chi connectivity index (χ0) is 26.6. The van der Waals surface area contributed by atoms with Crippen LogP contribution in [0.2, 0.25) is 5.02 Å². The molecule has 7 nitrogen and oxygen atoms in total. The Kier molecular flexibility index (Phi) is 6.98. The summed E-state index contributed by atoms with van der Waals surface area (Å²) in [5.41, 5.74) is -3.23. The lowest BCUT2D eigenvalue weighted by molar-refractivity contribution is -0.200. The molecule has 11 heteroatoms. The van der Waals surface area contributed by atoms with E-state index in [9.17, 15) is 37.3 Å². The molecule has 36 heavy (non-hydrogen) atoms. The minimum absolute atomic E-state index is 0.00763. The van der Waals surface area contributed by atoms with Gasteiger partial charge in [-0.2, -0.15) is 0 Å². The number of carbonyl (C=O) groups excluding carboxylic acids is 1. The van der Waals surface area contributed by atoms with Crippen molar-refractivity contribution in [2.45, 2.75) is 67.0 Å². The van der Waals surface area contributed by atoms with E-state index in [0.717, 1.165) is 18.2 Å². The summed E-state index contributed by atoms with van der Waals surface area (Å²) in [6.45, 7) is 2.79. The standard InChI is InChI=1S/C25H28ClF2NO6S/c1-24(2,32)23(31)25(33)14-4-5-15(25)11-17(10-14)36(34,35)21-9-13(3-7-18(21)26)22(30)29-16-6-8-19(27)20(28)12-16/h3,6-9,12,14-15,17,23,31-33H,4-5,10-11H2,1-2H3,(H,29,30)/t14?,15?,17-,23-,25-/m1/s1. The number of anilines is 1. The van der Waals surface area contributed by atoms with Crippen molar-refractivity contribution >= 4 is 33.0 Å². The number of nitrogens with one attached hydrogen (secondary N) is 1. The van der Waals surface area contributed by atoms with Gasteiger partial charge in [0.25, 0.3) is 5.91 Å². The molecule has 0 spiro atoms. The fraction of sp³-hybridized carbons (Fsp3) is 0.480. The largest absolute Gasteiger partial charge is 0.388 e. The van der Waals surface area contributed by atoms with Gasteiger partial charge in [0.05, 0.1) is 26.4 Å². The summed E-state index contributed by atoms with van der Waals surface area (Å²) in [5, 5.41) is 33.7. The van der Waals surface area contributed by atoms with E-state index in [1.54, 1.807) is 0 Å². The molecule has 0 saturated heterocycles. The van der Waals surface area contributed by atoms with Crippen LogP contribution in [0.3, 0.4) is 0 Å². The highest BCUT2D eigenvalue weighted by atomic mass is 35.5. The van der Waals surface area contributed by atoms with Crippen molar-refractivity contribution in [1.82, 2.24) is 0 Å².